The van der Waals surface area contributed by atoms with Crippen molar-refractivity contribution >= 4 is 28.9 Å². The van der Waals surface area contributed by atoms with Gasteiger partial charge in [-0.3, -0.25) is 14.9 Å². The molecule has 0 heterocycles. The minimum atomic E-state index is -0.951. The number of carbonyl (C=O) groups is 2. The Kier molecular flexibility index (Phi) is 7.44. The van der Waals surface area contributed by atoms with Crippen molar-refractivity contribution < 1.29 is 23.6 Å². The molecule has 0 saturated heterocycles. The van der Waals surface area contributed by atoms with Crippen LogP contribution >= 0.6 is 0 Å². The van der Waals surface area contributed by atoms with E-state index in [1.165, 1.54) is 6.07 Å². The molecule has 1 amide bonds. The zero-order chi connectivity index (χ0) is 20.5. The van der Waals surface area contributed by atoms with Gasteiger partial charge in [0, 0.05) is 17.4 Å². The second kappa shape index (κ2) is 10.0. The van der Waals surface area contributed by atoms with E-state index in [0.29, 0.717) is 17.9 Å². The predicted molar refractivity (Wildman–Crippen MR) is 102 cm³/mol. The molecule has 0 spiro atoms. The molecule has 0 bridgehead atoms. The lowest BCUT2D eigenvalue weighted by molar-refractivity contribution is -0.387. The lowest BCUT2D eigenvalue weighted by Gasteiger charge is -2.09. The summed E-state index contributed by atoms with van der Waals surface area (Å²) in [6, 6.07) is 9.49. The highest BCUT2D eigenvalue weighted by Crippen LogP contribution is 2.21. The molecule has 9 heteroatoms. The Hall–Kier alpha value is -3.49. The topological polar surface area (TPSA) is 111 Å². The van der Waals surface area contributed by atoms with Crippen molar-refractivity contribution in [3.8, 4) is 0 Å². The summed E-state index contributed by atoms with van der Waals surface area (Å²) >= 11 is 0. The zero-order valence-corrected chi connectivity index (χ0v) is 15.2. The standard InChI is InChI=1S/C19H20FN3O5/c1-2-3-10-28-19(25)13-4-6-14(7-5-13)22-18(24)12-21-15-8-9-16(20)17(11-15)23(26)27/h4-9,11,21H,2-3,10,12H2,1H3,(H,22,24). The summed E-state index contributed by atoms with van der Waals surface area (Å²) in [7, 11) is 0. The Morgan fingerprint density at radius 3 is 2.46 bits per heavy atom. The van der Waals surface area contributed by atoms with Crippen molar-refractivity contribution in [2.24, 2.45) is 0 Å². The van der Waals surface area contributed by atoms with E-state index in [-0.39, 0.29) is 12.2 Å². The second-order valence-electron chi connectivity index (χ2n) is 5.89. The van der Waals surface area contributed by atoms with Crippen molar-refractivity contribution in [1.82, 2.24) is 0 Å². The van der Waals surface area contributed by atoms with Gasteiger partial charge < -0.3 is 15.4 Å². The largest absolute Gasteiger partial charge is 0.462 e. The fourth-order valence-electron chi connectivity index (χ4n) is 2.23. The molecule has 2 aromatic carbocycles. The molecule has 148 valence electrons. The number of nitro groups is 1. The summed E-state index contributed by atoms with van der Waals surface area (Å²) in [6.45, 7) is 2.18. The number of anilines is 2. The Balaban J connectivity index is 1.87. The van der Waals surface area contributed by atoms with Crippen LogP contribution in [0.15, 0.2) is 42.5 Å². The first-order valence-electron chi connectivity index (χ1n) is 8.65. The van der Waals surface area contributed by atoms with Crippen LogP contribution in [0.1, 0.15) is 30.1 Å². The summed E-state index contributed by atoms with van der Waals surface area (Å²) in [4.78, 5) is 33.7. The smallest absolute Gasteiger partial charge is 0.338 e. The average molecular weight is 389 g/mol. The molecule has 0 aliphatic heterocycles. The zero-order valence-electron chi connectivity index (χ0n) is 15.2. The van der Waals surface area contributed by atoms with Crippen LogP contribution in [-0.2, 0) is 9.53 Å². The van der Waals surface area contributed by atoms with Crippen LogP contribution < -0.4 is 10.6 Å². The maximum absolute atomic E-state index is 13.3. The number of rotatable bonds is 9. The highest BCUT2D eigenvalue weighted by atomic mass is 19.1. The van der Waals surface area contributed by atoms with Gasteiger partial charge in [-0.05, 0) is 42.8 Å². The van der Waals surface area contributed by atoms with Crippen molar-refractivity contribution in [2.45, 2.75) is 19.8 Å². The molecule has 8 nitrogen and oxygen atoms in total. The third-order valence-corrected chi connectivity index (χ3v) is 3.73. The van der Waals surface area contributed by atoms with Gasteiger partial charge in [0.05, 0.1) is 23.6 Å². The summed E-state index contributed by atoms with van der Waals surface area (Å²) < 4.78 is 18.4. The Morgan fingerprint density at radius 1 is 1.14 bits per heavy atom. The highest BCUT2D eigenvalue weighted by Gasteiger charge is 2.14. The Bertz CT molecular complexity index is 855. The van der Waals surface area contributed by atoms with Crippen molar-refractivity contribution in [3.05, 3.63) is 64.0 Å². The number of amides is 1. The maximum atomic E-state index is 13.3. The molecule has 0 fully saturated rings. The molecule has 28 heavy (non-hydrogen) atoms. The Labute approximate surface area is 160 Å². The minimum absolute atomic E-state index is 0.177. The number of benzene rings is 2. The van der Waals surface area contributed by atoms with Crippen molar-refractivity contribution in [3.63, 3.8) is 0 Å². The van der Waals surface area contributed by atoms with Crippen LogP contribution in [0.2, 0.25) is 0 Å². The third-order valence-electron chi connectivity index (χ3n) is 3.73. The number of nitrogens with zero attached hydrogens (tertiary/aromatic N) is 1. The predicted octanol–water partition coefficient (Wildman–Crippen LogP) is 3.74. The van der Waals surface area contributed by atoms with E-state index in [1.807, 2.05) is 6.92 Å². The van der Waals surface area contributed by atoms with E-state index >= 15 is 0 Å². The van der Waals surface area contributed by atoms with Gasteiger partial charge in [0.2, 0.25) is 11.7 Å². The van der Waals surface area contributed by atoms with Crippen LogP contribution in [0.5, 0.6) is 0 Å². The minimum Gasteiger partial charge on any atom is -0.462 e. The number of halogens is 1. The van der Waals surface area contributed by atoms with E-state index < -0.39 is 28.3 Å². The molecule has 0 unspecified atom stereocenters. The summed E-state index contributed by atoms with van der Waals surface area (Å²) in [6.07, 6.45) is 1.72. The molecule has 2 N–H and O–H groups in total. The summed E-state index contributed by atoms with van der Waals surface area (Å²) in [5.74, 6) is -1.79. The average Bonchev–Trinajstić information content (AvgIpc) is 2.67. The van der Waals surface area contributed by atoms with Crippen LogP contribution in [0.4, 0.5) is 21.5 Å². The molecule has 0 saturated carbocycles. The van der Waals surface area contributed by atoms with E-state index in [4.69, 9.17) is 4.74 Å². The first-order chi connectivity index (χ1) is 13.4. The molecular weight excluding hydrogens is 369 g/mol. The number of ether oxygens (including phenoxy) is 1. The number of hydrogen-bond donors (Lipinski definition) is 2. The van der Waals surface area contributed by atoms with Crippen molar-refractivity contribution in [2.75, 3.05) is 23.8 Å². The molecule has 0 radical (unpaired) electrons. The molecule has 2 aromatic rings. The third kappa shape index (κ3) is 6.04. The van der Waals surface area contributed by atoms with Crippen molar-refractivity contribution in [1.29, 1.82) is 0 Å². The van der Waals surface area contributed by atoms with Gasteiger partial charge in [-0.25, -0.2) is 4.79 Å². The first-order valence-corrected chi connectivity index (χ1v) is 8.65. The highest BCUT2D eigenvalue weighted by molar-refractivity contribution is 5.95. The number of unbranched alkanes of at least 4 members (excludes halogenated alkanes) is 1. The van der Waals surface area contributed by atoms with Gasteiger partial charge >= 0.3 is 11.7 Å². The fourth-order valence-corrected chi connectivity index (χ4v) is 2.23. The van der Waals surface area contributed by atoms with Gasteiger partial charge in [0.15, 0.2) is 0 Å². The van der Waals surface area contributed by atoms with Gasteiger partial charge in [-0.2, -0.15) is 4.39 Å². The lowest BCUT2D eigenvalue weighted by atomic mass is 10.2. The Morgan fingerprint density at radius 2 is 1.82 bits per heavy atom. The number of nitro benzene ring substituents is 1. The van der Waals surface area contributed by atoms with Gasteiger partial charge in [0.1, 0.15) is 0 Å². The normalized spacial score (nSPS) is 10.2. The van der Waals surface area contributed by atoms with Crippen LogP contribution in [0.3, 0.4) is 0 Å². The molecule has 2 rings (SSSR count). The fraction of sp³-hybridized carbons (Fsp3) is 0.263. The van der Waals surface area contributed by atoms with E-state index in [0.717, 1.165) is 25.0 Å². The molecular formula is C19H20FN3O5. The van der Waals surface area contributed by atoms with Crippen LogP contribution in [0.25, 0.3) is 0 Å². The maximum Gasteiger partial charge on any atom is 0.338 e. The molecule has 0 aromatic heterocycles. The SMILES string of the molecule is CCCCOC(=O)c1ccc(NC(=O)CNc2ccc(F)c([N+](=O)[O-])c2)cc1. The van der Waals surface area contributed by atoms with Gasteiger partial charge in [0.25, 0.3) is 0 Å². The molecule has 0 aliphatic carbocycles. The van der Waals surface area contributed by atoms with Crippen LogP contribution in [0, 0.1) is 15.9 Å². The monoisotopic (exact) mass is 389 g/mol. The van der Waals surface area contributed by atoms with Crippen LogP contribution in [-0.4, -0.2) is 30.0 Å². The first kappa shape index (κ1) is 20.8. The van der Waals surface area contributed by atoms with E-state index in [9.17, 15) is 24.1 Å². The van der Waals surface area contributed by atoms with Gasteiger partial charge in [-0.15, -0.1) is 0 Å². The quantitative estimate of drug-likeness (QED) is 0.293. The second-order valence-corrected chi connectivity index (χ2v) is 5.89. The van der Waals surface area contributed by atoms with E-state index in [2.05, 4.69) is 10.6 Å². The number of esters is 1. The summed E-state index contributed by atoms with van der Waals surface area (Å²) in [5, 5.41) is 16.0. The van der Waals surface area contributed by atoms with E-state index in [1.54, 1.807) is 24.3 Å². The summed E-state index contributed by atoms with van der Waals surface area (Å²) in [5.41, 5.74) is 0.424. The lowest BCUT2D eigenvalue weighted by Crippen LogP contribution is -2.21. The molecule has 0 aliphatic rings. The number of nitrogens with one attached hydrogen (secondary N) is 2. The van der Waals surface area contributed by atoms with Gasteiger partial charge in [-0.1, -0.05) is 13.3 Å². The number of carbonyl (C=O) groups excluding carboxylic acids is 2. The number of hydrogen-bond acceptors (Lipinski definition) is 6. The molecule has 0 atom stereocenters.